The van der Waals surface area contributed by atoms with Gasteiger partial charge in [-0.25, -0.2) is 9.18 Å². The third-order valence-corrected chi connectivity index (χ3v) is 6.37. The maximum atomic E-state index is 15.0. The number of benzene rings is 1. The van der Waals surface area contributed by atoms with Crippen molar-refractivity contribution in [3.8, 4) is 22.8 Å². The number of pyridine rings is 2. The predicted molar refractivity (Wildman–Crippen MR) is 120 cm³/mol. The number of fused-ring (bicyclic) bond motifs is 3. The Morgan fingerprint density at radius 1 is 1.24 bits per heavy atom. The molecule has 172 valence electrons. The zero-order valence-corrected chi connectivity index (χ0v) is 18.6. The summed E-state index contributed by atoms with van der Waals surface area (Å²) >= 11 is 6.09. The first-order valence-corrected chi connectivity index (χ1v) is 10.9. The highest BCUT2D eigenvalue weighted by Crippen LogP contribution is 2.43. The highest BCUT2D eigenvalue weighted by Gasteiger charge is 2.35. The second-order valence-corrected chi connectivity index (χ2v) is 8.65. The molecule has 4 aromatic rings. The molecule has 3 aromatic heterocycles. The van der Waals surface area contributed by atoms with Gasteiger partial charge in [-0.1, -0.05) is 11.6 Å². The van der Waals surface area contributed by atoms with Gasteiger partial charge >= 0.3 is 6.09 Å². The molecule has 34 heavy (non-hydrogen) atoms. The van der Waals surface area contributed by atoms with Crippen molar-refractivity contribution in [2.24, 2.45) is 0 Å². The molecule has 1 amide bonds. The molecule has 0 unspecified atom stereocenters. The number of amides is 1. The Labute approximate surface area is 197 Å². The van der Waals surface area contributed by atoms with Crippen molar-refractivity contribution in [2.45, 2.75) is 19.4 Å². The minimum absolute atomic E-state index is 0.171. The van der Waals surface area contributed by atoms with E-state index in [1.807, 2.05) is 6.92 Å². The molecular formula is C23H17ClFN5O4. The maximum absolute atomic E-state index is 15.0. The van der Waals surface area contributed by atoms with Crippen LogP contribution in [0.1, 0.15) is 22.6 Å². The van der Waals surface area contributed by atoms with E-state index < -0.39 is 11.9 Å². The summed E-state index contributed by atoms with van der Waals surface area (Å²) < 4.78 is 28.4. The van der Waals surface area contributed by atoms with E-state index in [-0.39, 0.29) is 36.2 Å². The average molecular weight is 482 g/mol. The number of aromatic nitrogens is 4. The SMILES string of the molecule is Cc1cc(Cl)cnc1-c1cc2c(n3cnnc13)N(C(=O)O)Cc1c(F)ccc3c1[C@@H](CO3)CO2. The molecule has 2 aliphatic heterocycles. The molecule has 1 N–H and O–H groups in total. The first kappa shape index (κ1) is 20.7. The number of hydrogen-bond acceptors (Lipinski definition) is 6. The van der Waals surface area contributed by atoms with Crippen LogP contribution in [-0.4, -0.2) is 44.0 Å². The molecule has 0 spiro atoms. The Morgan fingerprint density at radius 3 is 2.79 bits per heavy atom. The van der Waals surface area contributed by atoms with Crippen molar-refractivity contribution in [1.29, 1.82) is 0 Å². The molecule has 0 saturated heterocycles. The van der Waals surface area contributed by atoms with Gasteiger partial charge in [0.25, 0.3) is 0 Å². The van der Waals surface area contributed by atoms with Crippen LogP contribution in [0.15, 0.2) is 36.8 Å². The summed E-state index contributed by atoms with van der Waals surface area (Å²) in [5.74, 6) is 0.250. The fourth-order valence-electron chi connectivity index (χ4n) is 4.66. The van der Waals surface area contributed by atoms with Crippen molar-refractivity contribution in [2.75, 3.05) is 18.1 Å². The van der Waals surface area contributed by atoms with Gasteiger partial charge in [0, 0.05) is 22.9 Å². The molecule has 0 radical (unpaired) electrons. The minimum Gasteiger partial charge on any atom is -0.493 e. The Hall–Kier alpha value is -3.92. The number of carboxylic acid groups (broad SMARTS) is 1. The van der Waals surface area contributed by atoms with Crippen molar-refractivity contribution >= 4 is 29.2 Å². The predicted octanol–water partition coefficient (Wildman–Crippen LogP) is 4.45. The molecule has 0 fully saturated rings. The van der Waals surface area contributed by atoms with Crippen LogP contribution >= 0.6 is 11.6 Å². The third kappa shape index (κ3) is 3.06. The first-order chi connectivity index (χ1) is 16.4. The number of hydrogen-bond donors (Lipinski definition) is 1. The molecule has 5 heterocycles. The smallest absolute Gasteiger partial charge is 0.413 e. The van der Waals surface area contributed by atoms with Crippen LogP contribution < -0.4 is 14.4 Å². The number of halogens is 2. The summed E-state index contributed by atoms with van der Waals surface area (Å²) in [5.41, 5.74) is 3.29. The number of nitrogens with zero attached hydrogens (tertiary/aromatic N) is 5. The van der Waals surface area contributed by atoms with E-state index in [2.05, 4.69) is 15.2 Å². The topological polar surface area (TPSA) is 102 Å². The Bertz CT molecular complexity index is 1490. The Balaban J connectivity index is 1.61. The highest BCUT2D eigenvalue weighted by atomic mass is 35.5. The van der Waals surface area contributed by atoms with Gasteiger partial charge in [0.2, 0.25) is 0 Å². The van der Waals surface area contributed by atoms with Gasteiger partial charge in [0.15, 0.2) is 17.2 Å². The van der Waals surface area contributed by atoms with Gasteiger partial charge in [-0.3, -0.25) is 14.3 Å². The lowest BCUT2D eigenvalue weighted by Crippen LogP contribution is -2.31. The zero-order valence-electron chi connectivity index (χ0n) is 17.8. The quantitative estimate of drug-likeness (QED) is 0.428. The summed E-state index contributed by atoms with van der Waals surface area (Å²) in [7, 11) is 0. The van der Waals surface area contributed by atoms with Crippen LogP contribution in [0.2, 0.25) is 5.02 Å². The number of rotatable bonds is 1. The van der Waals surface area contributed by atoms with E-state index in [0.29, 0.717) is 39.8 Å². The number of carbonyl (C=O) groups is 1. The third-order valence-electron chi connectivity index (χ3n) is 6.16. The van der Waals surface area contributed by atoms with E-state index in [9.17, 15) is 14.3 Å². The summed E-state index contributed by atoms with van der Waals surface area (Å²) in [4.78, 5) is 17.9. The lowest BCUT2D eigenvalue weighted by atomic mass is 9.95. The Morgan fingerprint density at radius 2 is 2.03 bits per heavy atom. The van der Waals surface area contributed by atoms with Gasteiger partial charge in [-0.15, -0.1) is 10.2 Å². The summed E-state index contributed by atoms with van der Waals surface area (Å²) in [5, 5.41) is 18.9. The summed E-state index contributed by atoms with van der Waals surface area (Å²) in [6.07, 6.45) is 1.66. The summed E-state index contributed by atoms with van der Waals surface area (Å²) in [6.45, 7) is 2.12. The molecule has 11 heteroatoms. The molecule has 9 nitrogen and oxygen atoms in total. The molecule has 2 aliphatic rings. The van der Waals surface area contributed by atoms with Crippen molar-refractivity contribution < 1.29 is 23.8 Å². The van der Waals surface area contributed by atoms with Gasteiger partial charge in [0.05, 0.1) is 36.4 Å². The number of ether oxygens (including phenoxy) is 2. The van der Waals surface area contributed by atoms with Crippen molar-refractivity contribution in [3.05, 3.63) is 64.3 Å². The molecular weight excluding hydrogens is 465 g/mol. The first-order valence-electron chi connectivity index (χ1n) is 10.5. The molecule has 1 aromatic carbocycles. The number of aryl methyl sites for hydroxylation is 1. The minimum atomic E-state index is -1.28. The second kappa shape index (κ2) is 7.56. The van der Waals surface area contributed by atoms with Crippen molar-refractivity contribution in [3.63, 3.8) is 0 Å². The second-order valence-electron chi connectivity index (χ2n) is 8.21. The van der Waals surface area contributed by atoms with E-state index in [4.69, 9.17) is 21.1 Å². The molecule has 1 atom stereocenters. The Kier molecular flexibility index (Phi) is 4.59. The largest absolute Gasteiger partial charge is 0.493 e. The maximum Gasteiger partial charge on any atom is 0.413 e. The van der Waals surface area contributed by atoms with E-state index in [1.165, 1.54) is 23.0 Å². The van der Waals surface area contributed by atoms with Gasteiger partial charge < -0.3 is 14.6 Å². The molecule has 0 aliphatic carbocycles. The standard InChI is InChI=1S/C23H17ClFN5O4/c1-11-4-13(24)6-26-20(11)14-5-18-22(30-10-27-28-21(14)30)29(23(31)32)7-15-16(25)2-3-17-19(15)12(8-33-17)9-34-18/h2-6,10,12H,7-9H2,1H3,(H,31,32)/t12-/m0/s1. The van der Waals surface area contributed by atoms with Crippen LogP contribution in [0.3, 0.4) is 0 Å². The van der Waals surface area contributed by atoms with Gasteiger partial charge in [0.1, 0.15) is 17.9 Å². The van der Waals surface area contributed by atoms with Crippen LogP contribution in [0.4, 0.5) is 15.0 Å². The van der Waals surface area contributed by atoms with Crippen LogP contribution in [0, 0.1) is 12.7 Å². The van der Waals surface area contributed by atoms with Gasteiger partial charge in [-0.05, 0) is 36.8 Å². The number of anilines is 1. The zero-order chi connectivity index (χ0) is 23.6. The average Bonchev–Trinajstić information content (AvgIpc) is 3.45. The van der Waals surface area contributed by atoms with Crippen LogP contribution in [-0.2, 0) is 6.54 Å². The molecule has 0 bridgehead atoms. The highest BCUT2D eigenvalue weighted by molar-refractivity contribution is 6.30. The fraction of sp³-hybridized carbons (Fsp3) is 0.217. The van der Waals surface area contributed by atoms with Crippen LogP contribution in [0.5, 0.6) is 11.5 Å². The fourth-order valence-corrected chi connectivity index (χ4v) is 4.87. The van der Waals surface area contributed by atoms with E-state index in [0.717, 1.165) is 10.5 Å². The molecule has 6 rings (SSSR count). The van der Waals surface area contributed by atoms with Crippen LogP contribution in [0.25, 0.3) is 16.9 Å². The summed E-state index contributed by atoms with van der Waals surface area (Å²) in [6, 6.07) is 6.33. The lowest BCUT2D eigenvalue weighted by Gasteiger charge is -2.24. The normalized spacial score (nSPS) is 16.7. The molecule has 0 saturated carbocycles. The lowest BCUT2D eigenvalue weighted by molar-refractivity contribution is 0.200. The van der Waals surface area contributed by atoms with Gasteiger partial charge in [-0.2, -0.15) is 0 Å². The van der Waals surface area contributed by atoms with E-state index in [1.54, 1.807) is 18.2 Å². The van der Waals surface area contributed by atoms with Crippen molar-refractivity contribution in [1.82, 2.24) is 19.6 Å². The monoisotopic (exact) mass is 481 g/mol. The van der Waals surface area contributed by atoms with E-state index >= 15 is 0 Å².